The fourth-order valence-electron chi connectivity index (χ4n) is 3.03. The smallest absolute Gasteiger partial charge is 0.0624 e. The fourth-order valence-corrected chi connectivity index (χ4v) is 3.03. The minimum Gasteiger partial charge on any atom is -0.384 e. The fraction of sp³-hybridized carbons (Fsp3) is 1.00. The second kappa shape index (κ2) is 7.61. The van der Waals surface area contributed by atoms with E-state index in [1.807, 2.05) is 0 Å². The Bertz CT molecular complexity index is 238. The lowest BCUT2D eigenvalue weighted by Crippen LogP contribution is -2.45. The van der Waals surface area contributed by atoms with Crippen molar-refractivity contribution < 1.29 is 14.2 Å². The van der Waals surface area contributed by atoms with Gasteiger partial charge in [-0.1, -0.05) is 19.8 Å². The summed E-state index contributed by atoms with van der Waals surface area (Å²) < 4.78 is 17.2. The minimum atomic E-state index is -0.0641. The SMILES string of the molecule is CCC(C)(C)OCC(COC)(COC)C1CCCC1. The van der Waals surface area contributed by atoms with E-state index in [2.05, 4.69) is 20.8 Å². The van der Waals surface area contributed by atoms with E-state index in [0.29, 0.717) is 5.92 Å². The van der Waals surface area contributed by atoms with Crippen molar-refractivity contribution >= 4 is 0 Å². The summed E-state index contributed by atoms with van der Waals surface area (Å²) in [5.41, 5.74) is -0.0439. The lowest BCUT2D eigenvalue weighted by molar-refractivity contribution is -0.125. The lowest BCUT2D eigenvalue weighted by atomic mass is 9.76. The van der Waals surface area contributed by atoms with Gasteiger partial charge in [-0.15, -0.1) is 0 Å². The van der Waals surface area contributed by atoms with Crippen LogP contribution < -0.4 is 0 Å². The van der Waals surface area contributed by atoms with Crippen molar-refractivity contribution in [2.45, 2.75) is 58.5 Å². The predicted octanol–water partition coefficient (Wildman–Crippen LogP) is 3.66. The molecule has 3 heteroatoms. The first-order valence-electron chi connectivity index (χ1n) is 7.61. The first-order chi connectivity index (χ1) is 8.99. The van der Waals surface area contributed by atoms with Crippen LogP contribution in [0.4, 0.5) is 0 Å². The topological polar surface area (TPSA) is 27.7 Å². The maximum Gasteiger partial charge on any atom is 0.0624 e. The summed E-state index contributed by atoms with van der Waals surface area (Å²) in [4.78, 5) is 0. The Morgan fingerprint density at radius 3 is 1.89 bits per heavy atom. The summed E-state index contributed by atoms with van der Waals surface area (Å²) in [5.74, 6) is 0.667. The molecule has 0 N–H and O–H groups in total. The average Bonchev–Trinajstić information content (AvgIpc) is 2.91. The van der Waals surface area contributed by atoms with Crippen molar-refractivity contribution in [3.63, 3.8) is 0 Å². The highest BCUT2D eigenvalue weighted by Gasteiger charge is 2.41. The average molecular weight is 272 g/mol. The molecule has 3 nitrogen and oxygen atoms in total. The van der Waals surface area contributed by atoms with Crippen LogP contribution in [0.2, 0.25) is 0 Å². The van der Waals surface area contributed by atoms with Gasteiger partial charge in [-0.2, -0.15) is 0 Å². The van der Waals surface area contributed by atoms with Gasteiger partial charge in [0.15, 0.2) is 0 Å². The largest absolute Gasteiger partial charge is 0.384 e. The first-order valence-corrected chi connectivity index (χ1v) is 7.61. The first kappa shape index (κ1) is 16.9. The van der Waals surface area contributed by atoms with Crippen molar-refractivity contribution in [1.29, 1.82) is 0 Å². The summed E-state index contributed by atoms with van der Waals surface area (Å²) in [6.45, 7) is 8.68. The molecular weight excluding hydrogens is 240 g/mol. The van der Waals surface area contributed by atoms with Gasteiger partial charge in [0, 0.05) is 19.6 Å². The van der Waals surface area contributed by atoms with Gasteiger partial charge in [-0.25, -0.2) is 0 Å². The maximum atomic E-state index is 6.20. The molecular formula is C16H32O3. The van der Waals surface area contributed by atoms with Gasteiger partial charge < -0.3 is 14.2 Å². The zero-order chi connectivity index (χ0) is 14.4. The zero-order valence-corrected chi connectivity index (χ0v) is 13.5. The Morgan fingerprint density at radius 2 is 1.47 bits per heavy atom. The molecule has 1 aliphatic carbocycles. The van der Waals surface area contributed by atoms with E-state index in [4.69, 9.17) is 14.2 Å². The van der Waals surface area contributed by atoms with E-state index < -0.39 is 0 Å². The Labute approximate surface area is 119 Å². The minimum absolute atomic E-state index is 0.0203. The zero-order valence-electron chi connectivity index (χ0n) is 13.5. The molecule has 0 amide bonds. The molecule has 1 rings (SSSR count). The molecule has 1 saturated carbocycles. The van der Waals surface area contributed by atoms with Crippen LogP contribution in [-0.4, -0.2) is 39.6 Å². The molecule has 0 heterocycles. The third-order valence-electron chi connectivity index (χ3n) is 4.69. The lowest BCUT2D eigenvalue weighted by Gasteiger charge is -2.40. The van der Waals surface area contributed by atoms with E-state index in [0.717, 1.165) is 26.2 Å². The molecule has 0 unspecified atom stereocenters. The highest BCUT2D eigenvalue weighted by atomic mass is 16.5. The van der Waals surface area contributed by atoms with E-state index in [-0.39, 0.29) is 11.0 Å². The molecule has 1 aliphatic rings. The third kappa shape index (κ3) is 4.73. The van der Waals surface area contributed by atoms with Crippen LogP contribution in [0.25, 0.3) is 0 Å². The molecule has 0 atom stereocenters. The van der Waals surface area contributed by atoms with Gasteiger partial charge in [0.25, 0.3) is 0 Å². The maximum absolute atomic E-state index is 6.20. The molecule has 0 aromatic carbocycles. The monoisotopic (exact) mass is 272 g/mol. The van der Waals surface area contributed by atoms with Gasteiger partial charge in [0.1, 0.15) is 0 Å². The summed E-state index contributed by atoms with van der Waals surface area (Å²) in [7, 11) is 3.56. The van der Waals surface area contributed by atoms with Crippen molar-refractivity contribution in [3.05, 3.63) is 0 Å². The van der Waals surface area contributed by atoms with Gasteiger partial charge >= 0.3 is 0 Å². The number of ether oxygens (including phenoxy) is 3. The number of methoxy groups -OCH3 is 2. The van der Waals surface area contributed by atoms with E-state index in [9.17, 15) is 0 Å². The van der Waals surface area contributed by atoms with Crippen LogP contribution >= 0.6 is 0 Å². The number of rotatable bonds is 9. The molecule has 0 saturated heterocycles. The molecule has 0 aromatic rings. The highest BCUT2D eigenvalue weighted by Crippen LogP contribution is 2.41. The van der Waals surface area contributed by atoms with Crippen LogP contribution in [0.1, 0.15) is 52.9 Å². The molecule has 19 heavy (non-hydrogen) atoms. The van der Waals surface area contributed by atoms with Crippen LogP contribution in [0.15, 0.2) is 0 Å². The van der Waals surface area contributed by atoms with Crippen LogP contribution in [0.3, 0.4) is 0 Å². The predicted molar refractivity (Wildman–Crippen MR) is 78.5 cm³/mol. The molecule has 0 spiro atoms. The van der Waals surface area contributed by atoms with Crippen molar-refractivity contribution in [2.24, 2.45) is 11.3 Å². The molecule has 114 valence electrons. The summed E-state index contributed by atoms with van der Waals surface area (Å²) in [5, 5.41) is 0. The number of hydrogen-bond acceptors (Lipinski definition) is 3. The Balaban J connectivity index is 2.76. The molecule has 0 aliphatic heterocycles. The second-order valence-electron chi connectivity index (χ2n) is 6.61. The van der Waals surface area contributed by atoms with E-state index in [1.165, 1.54) is 25.7 Å². The van der Waals surface area contributed by atoms with Crippen molar-refractivity contribution in [3.8, 4) is 0 Å². The van der Waals surface area contributed by atoms with Crippen molar-refractivity contribution in [2.75, 3.05) is 34.0 Å². The molecule has 0 radical (unpaired) electrons. The number of hydrogen-bond donors (Lipinski definition) is 0. The quantitative estimate of drug-likeness (QED) is 0.641. The second-order valence-corrected chi connectivity index (χ2v) is 6.61. The Morgan fingerprint density at radius 1 is 0.947 bits per heavy atom. The Hall–Kier alpha value is -0.120. The van der Waals surface area contributed by atoms with Gasteiger partial charge in [-0.05, 0) is 39.0 Å². The van der Waals surface area contributed by atoms with Gasteiger partial charge in [0.05, 0.1) is 25.4 Å². The summed E-state index contributed by atoms with van der Waals surface area (Å²) >= 11 is 0. The normalized spacial score (nSPS) is 18.2. The van der Waals surface area contributed by atoms with Crippen LogP contribution in [0, 0.1) is 11.3 Å². The van der Waals surface area contributed by atoms with Crippen LogP contribution in [0.5, 0.6) is 0 Å². The molecule has 0 aromatic heterocycles. The van der Waals surface area contributed by atoms with Gasteiger partial charge in [-0.3, -0.25) is 0 Å². The molecule has 1 fully saturated rings. The third-order valence-corrected chi connectivity index (χ3v) is 4.69. The van der Waals surface area contributed by atoms with Gasteiger partial charge in [0.2, 0.25) is 0 Å². The summed E-state index contributed by atoms with van der Waals surface area (Å²) in [6.07, 6.45) is 6.24. The standard InChI is InChI=1S/C16H32O3/c1-6-15(2,3)19-13-16(11-17-4,12-18-5)14-9-7-8-10-14/h14H,6-13H2,1-5H3. The molecule has 0 bridgehead atoms. The summed E-state index contributed by atoms with van der Waals surface area (Å²) in [6, 6.07) is 0. The highest BCUT2D eigenvalue weighted by molar-refractivity contribution is 4.90. The van der Waals surface area contributed by atoms with Crippen molar-refractivity contribution in [1.82, 2.24) is 0 Å². The van der Waals surface area contributed by atoms with E-state index >= 15 is 0 Å². The van der Waals surface area contributed by atoms with E-state index in [1.54, 1.807) is 14.2 Å². The Kier molecular flexibility index (Phi) is 6.78. The van der Waals surface area contributed by atoms with Crippen LogP contribution in [-0.2, 0) is 14.2 Å².